The summed E-state index contributed by atoms with van der Waals surface area (Å²) < 4.78 is 3.50. The molecule has 1 aromatic heterocycles. The minimum Gasteiger partial charge on any atom is -0.390 e. The van der Waals surface area contributed by atoms with Gasteiger partial charge in [0.15, 0.2) is 0 Å². The van der Waals surface area contributed by atoms with Gasteiger partial charge < -0.3 is 9.67 Å². The van der Waals surface area contributed by atoms with Crippen LogP contribution in [0.4, 0.5) is 0 Å². The monoisotopic (exact) mass is 307 g/mol. The third-order valence-electron chi connectivity index (χ3n) is 4.11. The van der Waals surface area contributed by atoms with E-state index >= 15 is 0 Å². The Kier molecular flexibility index (Phi) is 2.99. The van der Waals surface area contributed by atoms with Crippen molar-refractivity contribution < 1.29 is 5.11 Å². The van der Waals surface area contributed by atoms with Gasteiger partial charge in [-0.3, -0.25) is 0 Å². The molecule has 1 fully saturated rings. The zero-order valence-electron chi connectivity index (χ0n) is 10.6. The first-order valence-electron chi connectivity index (χ1n) is 6.54. The Balaban J connectivity index is 1.91. The van der Waals surface area contributed by atoms with E-state index in [0.717, 1.165) is 30.2 Å². The molecule has 0 unspecified atom stereocenters. The average molecular weight is 308 g/mol. The van der Waals surface area contributed by atoms with Crippen molar-refractivity contribution in [2.45, 2.75) is 44.2 Å². The first kappa shape index (κ1) is 12.2. The Bertz CT molecular complexity index is 563. The van der Waals surface area contributed by atoms with Gasteiger partial charge in [0.25, 0.3) is 0 Å². The van der Waals surface area contributed by atoms with E-state index in [2.05, 4.69) is 51.0 Å². The van der Waals surface area contributed by atoms with Gasteiger partial charge in [-0.1, -0.05) is 15.9 Å². The zero-order valence-corrected chi connectivity index (χ0v) is 12.2. The number of halogens is 1. The van der Waals surface area contributed by atoms with Crippen LogP contribution in [-0.4, -0.2) is 15.3 Å². The van der Waals surface area contributed by atoms with Crippen LogP contribution >= 0.6 is 15.9 Å². The molecule has 0 atom stereocenters. The summed E-state index contributed by atoms with van der Waals surface area (Å²) in [5.41, 5.74) is 0.840. The minimum absolute atomic E-state index is 0.456. The lowest BCUT2D eigenvalue weighted by molar-refractivity contribution is 0.0104. The van der Waals surface area contributed by atoms with E-state index < -0.39 is 5.60 Å². The maximum absolute atomic E-state index is 10.0. The summed E-state index contributed by atoms with van der Waals surface area (Å²) in [6, 6.07) is 9.13. The molecule has 0 amide bonds. The second kappa shape index (κ2) is 4.39. The van der Waals surface area contributed by atoms with Crippen LogP contribution in [0.15, 0.2) is 34.9 Å². The Morgan fingerprint density at radius 2 is 2.00 bits per heavy atom. The number of aromatic nitrogens is 1. The predicted molar refractivity (Wildman–Crippen MR) is 77.8 cm³/mol. The number of rotatable bonds is 1. The molecule has 0 saturated heterocycles. The smallest absolute Gasteiger partial charge is 0.0621 e. The van der Waals surface area contributed by atoms with Crippen molar-refractivity contribution in [3.8, 4) is 0 Å². The second-order valence-corrected chi connectivity index (χ2v) is 6.57. The van der Waals surface area contributed by atoms with Gasteiger partial charge in [-0.2, -0.15) is 0 Å². The number of hydrogen-bond donors (Lipinski definition) is 1. The molecule has 1 aliphatic carbocycles. The Morgan fingerprint density at radius 3 is 2.72 bits per heavy atom. The predicted octanol–water partition coefficient (Wildman–Crippen LogP) is 4.27. The van der Waals surface area contributed by atoms with Gasteiger partial charge in [0.05, 0.1) is 5.60 Å². The van der Waals surface area contributed by atoms with E-state index in [1.807, 2.05) is 6.92 Å². The van der Waals surface area contributed by atoms with Crippen LogP contribution < -0.4 is 0 Å². The van der Waals surface area contributed by atoms with E-state index in [1.54, 1.807) is 0 Å². The summed E-state index contributed by atoms with van der Waals surface area (Å²) in [6.07, 6.45) is 6.10. The summed E-state index contributed by atoms with van der Waals surface area (Å²) in [5, 5.41) is 11.3. The van der Waals surface area contributed by atoms with Crippen molar-refractivity contribution in [1.82, 2.24) is 4.57 Å². The average Bonchev–Trinajstić information content (AvgIpc) is 2.72. The molecule has 0 radical (unpaired) electrons. The van der Waals surface area contributed by atoms with Crippen LogP contribution in [0.5, 0.6) is 0 Å². The van der Waals surface area contributed by atoms with Crippen molar-refractivity contribution in [2.75, 3.05) is 0 Å². The van der Waals surface area contributed by atoms with Gasteiger partial charge in [-0.25, -0.2) is 0 Å². The van der Waals surface area contributed by atoms with Crippen molar-refractivity contribution >= 4 is 26.8 Å². The molecule has 0 bridgehead atoms. The highest BCUT2D eigenvalue weighted by atomic mass is 79.9. The normalized spacial score (nSPS) is 28.7. The van der Waals surface area contributed by atoms with E-state index in [1.165, 1.54) is 10.9 Å². The summed E-state index contributed by atoms with van der Waals surface area (Å²) in [5.74, 6) is 0. The molecule has 2 aromatic rings. The second-order valence-electron chi connectivity index (χ2n) is 5.65. The van der Waals surface area contributed by atoms with Crippen LogP contribution in [0.3, 0.4) is 0 Å². The Morgan fingerprint density at radius 1 is 1.28 bits per heavy atom. The van der Waals surface area contributed by atoms with E-state index in [4.69, 9.17) is 0 Å². The molecule has 1 heterocycles. The molecule has 1 aromatic carbocycles. The molecular formula is C15H18BrNO. The van der Waals surface area contributed by atoms with Crippen molar-refractivity contribution in [2.24, 2.45) is 0 Å². The van der Waals surface area contributed by atoms with Crippen LogP contribution in [0.2, 0.25) is 0 Å². The number of nitrogens with zero attached hydrogens (tertiary/aromatic N) is 1. The topological polar surface area (TPSA) is 25.2 Å². The molecule has 0 aliphatic heterocycles. The highest BCUT2D eigenvalue weighted by molar-refractivity contribution is 9.10. The summed E-state index contributed by atoms with van der Waals surface area (Å²) in [6.45, 7) is 1.95. The number of fused-ring (bicyclic) bond motifs is 1. The van der Waals surface area contributed by atoms with Crippen LogP contribution in [0.1, 0.15) is 38.6 Å². The molecule has 1 N–H and O–H groups in total. The lowest BCUT2D eigenvalue weighted by atomic mass is 9.83. The maximum atomic E-state index is 10.0. The summed E-state index contributed by atoms with van der Waals surface area (Å²) in [4.78, 5) is 0. The standard InChI is InChI=1S/C15H18BrNO/c1-15(18)7-4-13(5-8-15)17-9-6-11-10-12(16)2-3-14(11)17/h2-3,6,9-10,13,18H,4-5,7-8H2,1H3. The third kappa shape index (κ3) is 2.21. The molecule has 96 valence electrons. The number of aliphatic hydroxyl groups is 1. The highest BCUT2D eigenvalue weighted by Gasteiger charge is 2.29. The Labute approximate surface area is 116 Å². The fourth-order valence-corrected chi connectivity index (χ4v) is 3.33. The number of hydrogen-bond acceptors (Lipinski definition) is 1. The summed E-state index contributed by atoms with van der Waals surface area (Å²) in [7, 11) is 0. The van der Waals surface area contributed by atoms with E-state index in [-0.39, 0.29) is 0 Å². The quantitative estimate of drug-likeness (QED) is 0.836. The van der Waals surface area contributed by atoms with Crippen molar-refractivity contribution in [3.05, 3.63) is 34.9 Å². The van der Waals surface area contributed by atoms with Gasteiger partial charge in [-0.15, -0.1) is 0 Å². The zero-order chi connectivity index (χ0) is 12.8. The van der Waals surface area contributed by atoms with Gasteiger partial charge in [0.2, 0.25) is 0 Å². The lowest BCUT2D eigenvalue weighted by Gasteiger charge is -2.34. The fraction of sp³-hybridized carbons (Fsp3) is 0.467. The first-order chi connectivity index (χ1) is 8.55. The van der Waals surface area contributed by atoms with Gasteiger partial charge >= 0.3 is 0 Å². The van der Waals surface area contributed by atoms with E-state index in [9.17, 15) is 5.11 Å². The van der Waals surface area contributed by atoms with Crippen LogP contribution in [0, 0.1) is 0 Å². The van der Waals surface area contributed by atoms with E-state index in [0.29, 0.717) is 6.04 Å². The molecule has 0 spiro atoms. The summed E-state index contributed by atoms with van der Waals surface area (Å²) >= 11 is 3.51. The SMILES string of the molecule is CC1(O)CCC(n2ccc3cc(Br)ccc32)CC1. The molecule has 3 heteroatoms. The Hall–Kier alpha value is -0.800. The fourth-order valence-electron chi connectivity index (χ4n) is 2.96. The van der Waals surface area contributed by atoms with Gasteiger partial charge in [0.1, 0.15) is 0 Å². The molecule has 2 nitrogen and oxygen atoms in total. The number of benzene rings is 1. The highest BCUT2D eigenvalue weighted by Crippen LogP contribution is 2.36. The largest absolute Gasteiger partial charge is 0.390 e. The minimum atomic E-state index is -0.456. The van der Waals surface area contributed by atoms with Crippen LogP contribution in [0.25, 0.3) is 10.9 Å². The molecule has 1 saturated carbocycles. The molecule has 1 aliphatic rings. The molecule has 18 heavy (non-hydrogen) atoms. The van der Waals surface area contributed by atoms with Crippen LogP contribution in [-0.2, 0) is 0 Å². The van der Waals surface area contributed by atoms with Gasteiger partial charge in [0, 0.05) is 27.6 Å². The van der Waals surface area contributed by atoms with Gasteiger partial charge in [-0.05, 0) is 56.9 Å². The molecule has 3 rings (SSSR count). The van der Waals surface area contributed by atoms with Crippen molar-refractivity contribution in [1.29, 1.82) is 0 Å². The van der Waals surface area contributed by atoms with Crippen molar-refractivity contribution in [3.63, 3.8) is 0 Å². The first-order valence-corrected chi connectivity index (χ1v) is 7.33. The molecular weight excluding hydrogens is 290 g/mol. The maximum Gasteiger partial charge on any atom is 0.0621 e. The third-order valence-corrected chi connectivity index (χ3v) is 4.60. The lowest BCUT2D eigenvalue weighted by Crippen LogP contribution is -2.31.